The average molecular weight is 465 g/mol. The van der Waals surface area contributed by atoms with E-state index >= 15 is 0 Å². The van der Waals surface area contributed by atoms with E-state index in [1.54, 1.807) is 6.07 Å². The van der Waals surface area contributed by atoms with Crippen LogP contribution in [0.25, 0.3) is 21.8 Å². The fourth-order valence-electron chi connectivity index (χ4n) is 3.22. The van der Waals surface area contributed by atoms with Crippen molar-refractivity contribution in [3.8, 4) is 0 Å². The molecule has 2 aromatic carbocycles. The topological polar surface area (TPSA) is 64.0 Å². The zero-order valence-electron chi connectivity index (χ0n) is 14.3. The molecular weight excluding hydrogens is 450 g/mol. The molecule has 5 nitrogen and oxygen atoms in total. The fraction of sp³-hybridized carbons (Fsp3) is 0.105. The summed E-state index contributed by atoms with van der Waals surface area (Å²) in [5, 5.41) is 2.30. The van der Waals surface area contributed by atoms with Crippen molar-refractivity contribution in [3.05, 3.63) is 64.4 Å². The maximum atomic E-state index is 12.7. The second kappa shape index (κ2) is 6.82. The van der Waals surface area contributed by atoms with Gasteiger partial charge in [-0.1, -0.05) is 29.8 Å². The SMILES string of the molecule is CCn1c2ccccc2c2cc(NS(=O)(=O)c3cnc(Cl)c(Br)c3)ccc21. The molecule has 0 aliphatic rings. The number of halogens is 2. The predicted octanol–water partition coefficient (Wildman–Crippen LogP) is 5.43. The molecule has 2 heterocycles. The lowest BCUT2D eigenvalue weighted by Gasteiger charge is -2.09. The first-order valence-electron chi connectivity index (χ1n) is 8.25. The molecule has 0 spiro atoms. The maximum absolute atomic E-state index is 12.7. The molecule has 0 aliphatic heterocycles. The van der Waals surface area contributed by atoms with Gasteiger partial charge in [-0.3, -0.25) is 4.72 Å². The number of anilines is 1. The monoisotopic (exact) mass is 463 g/mol. The van der Waals surface area contributed by atoms with Gasteiger partial charge >= 0.3 is 0 Å². The number of hydrogen-bond donors (Lipinski definition) is 1. The summed E-state index contributed by atoms with van der Waals surface area (Å²) >= 11 is 9.06. The number of benzene rings is 2. The number of fused-ring (bicyclic) bond motifs is 3. The summed E-state index contributed by atoms with van der Waals surface area (Å²) in [4.78, 5) is 3.92. The Morgan fingerprint density at radius 3 is 2.59 bits per heavy atom. The van der Waals surface area contributed by atoms with Gasteiger partial charge in [0.1, 0.15) is 10.0 Å². The maximum Gasteiger partial charge on any atom is 0.263 e. The highest BCUT2D eigenvalue weighted by Gasteiger charge is 2.17. The van der Waals surface area contributed by atoms with Gasteiger partial charge in [-0.25, -0.2) is 13.4 Å². The second-order valence-corrected chi connectivity index (χ2v) is 8.94. The van der Waals surface area contributed by atoms with E-state index in [0.29, 0.717) is 10.2 Å². The first kappa shape index (κ1) is 18.3. The van der Waals surface area contributed by atoms with Gasteiger partial charge in [0, 0.05) is 40.2 Å². The molecule has 0 radical (unpaired) electrons. The third-order valence-electron chi connectivity index (χ3n) is 4.42. The second-order valence-electron chi connectivity index (χ2n) is 6.04. The standard InChI is InChI=1S/C19H15BrClN3O2S/c1-2-24-17-6-4-3-5-14(17)15-9-12(7-8-18(15)24)23-27(25,26)13-10-16(20)19(21)22-11-13/h3-11,23H,2H2,1H3. The Hall–Kier alpha value is -2.09. The average Bonchev–Trinajstić information content (AvgIpc) is 2.96. The van der Waals surface area contributed by atoms with Crippen molar-refractivity contribution in [1.29, 1.82) is 0 Å². The Labute approximate surface area is 170 Å². The Balaban J connectivity index is 1.80. The van der Waals surface area contributed by atoms with Crippen molar-refractivity contribution in [1.82, 2.24) is 9.55 Å². The molecule has 0 saturated carbocycles. The summed E-state index contributed by atoms with van der Waals surface area (Å²) in [6.07, 6.45) is 1.23. The van der Waals surface area contributed by atoms with Crippen molar-refractivity contribution in [2.24, 2.45) is 0 Å². The van der Waals surface area contributed by atoms with Crippen molar-refractivity contribution in [2.75, 3.05) is 4.72 Å². The van der Waals surface area contributed by atoms with Crippen LogP contribution in [0.4, 0.5) is 5.69 Å². The van der Waals surface area contributed by atoms with E-state index in [1.165, 1.54) is 12.3 Å². The quantitative estimate of drug-likeness (QED) is 0.410. The van der Waals surface area contributed by atoms with Crippen LogP contribution in [0.5, 0.6) is 0 Å². The van der Waals surface area contributed by atoms with Crippen LogP contribution < -0.4 is 4.72 Å². The first-order chi connectivity index (χ1) is 12.9. The number of rotatable bonds is 4. The van der Waals surface area contributed by atoms with Crippen molar-refractivity contribution in [2.45, 2.75) is 18.4 Å². The van der Waals surface area contributed by atoms with Crippen LogP contribution >= 0.6 is 27.5 Å². The van der Waals surface area contributed by atoms with Crippen LogP contribution in [-0.4, -0.2) is 18.0 Å². The van der Waals surface area contributed by atoms with Crippen LogP contribution in [0.1, 0.15) is 6.92 Å². The lowest BCUT2D eigenvalue weighted by atomic mass is 10.1. The van der Waals surface area contributed by atoms with Gasteiger partial charge in [-0.2, -0.15) is 0 Å². The number of hydrogen-bond acceptors (Lipinski definition) is 3. The molecule has 0 fully saturated rings. The molecule has 0 unspecified atom stereocenters. The number of sulfonamides is 1. The van der Waals surface area contributed by atoms with Gasteiger partial charge < -0.3 is 4.57 Å². The molecule has 0 atom stereocenters. The van der Waals surface area contributed by atoms with Crippen LogP contribution in [0.15, 0.2) is 64.1 Å². The van der Waals surface area contributed by atoms with Crippen LogP contribution in [-0.2, 0) is 16.6 Å². The molecule has 138 valence electrons. The molecule has 0 aliphatic carbocycles. The number of aromatic nitrogens is 2. The number of pyridine rings is 1. The minimum absolute atomic E-state index is 0.0369. The van der Waals surface area contributed by atoms with Crippen LogP contribution in [0.3, 0.4) is 0 Å². The van der Waals surface area contributed by atoms with Gasteiger partial charge in [0.2, 0.25) is 0 Å². The minimum atomic E-state index is -3.78. The predicted molar refractivity (Wildman–Crippen MR) is 113 cm³/mol. The Kier molecular flexibility index (Phi) is 4.61. The lowest BCUT2D eigenvalue weighted by Crippen LogP contribution is -2.13. The number of aryl methyl sites for hydroxylation is 1. The summed E-state index contributed by atoms with van der Waals surface area (Å²) in [6, 6.07) is 15.1. The zero-order chi connectivity index (χ0) is 19.2. The highest BCUT2D eigenvalue weighted by Crippen LogP contribution is 2.32. The van der Waals surface area contributed by atoms with E-state index < -0.39 is 10.0 Å². The summed E-state index contributed by atoms with van der Waals surface area (Å²) < 4.78 is 30.7. The molecule has 0 bridgehead atoms. The summed E-state index contributed by atoms with van der Waals surface area (Å²) in [5.41, 5.74) is 2.69. The normalized spacial score (nSPS) is 12.0. The van der Waals surface area contributed by atoms with Crippen molar-refractivity contribution >= 4 is 65.0 Å². The molecule has 2 aromatic heterocycles. The van der Waals surface area contributed by atoms with Gasteiger partial charge in [0.15, 0.2) is 0 Å². The van der Waals surface area contributed by atoms with Gasteiger partial charge in [0.25, 0.3) is 10.0 Å². The van der Waals surface area contributed by atoms with Crippen LogP contribution in [0, 0.1) is 0 Å². The molecule has 0 saturated heterocycles. The first-order valence-corrected chi connectivity index (χ1v) is 10.9. The van der Waals surface area contributed by atoms with Gasteiger partial charge in [-0.05, 0) is 53.2 Å². The third-order valence-corrected chi connectivity index (χ3v) is 6.90. The Bertz CT molecular complexity index is 1290. The van der Waals surface area contributed by atoms with E-state index in [0.717, 1.165) is 28.4 Å². The van der Waals surface area contributed by atoms with E-state index in [1.807, 2.05) is 30.3 Å². The highest BCUT2D eigenvalue weighted by molar-refractivity contribution is 9.10. The van der Waals surface area contributed by atoms with Crippen molar-refractivity contribution < 1.29 is 8.42 Å². The van der Waals surface area contributed by atoms with E-state index in [-0.39, 0.29) is 10.0 Å². The largest absolute Gasteiger partial charge is 0.341 e. The number of para-hydroxylation sites is 1. The van der Waals surface area contributed by atoms with Crippen LogP contribution in [0.2, 0.25) is 5.15 Å². The molecule has 4 rings (SSSR count). The Morgan fingerprint density at radius 2 is 1.85 bits per heavy atom. The lowest BCUT2D eigenvalue weighted by molar-refractivity contribution is 0.601. The van der Waals surface area contributed by atoms with Crippen molar-refractivity contribution in [3.63, 3.8) is 0 Å². The van der Waals surface area contributed by atoms with Gasteiger partial charge in [0.05, 0.1) is 4.47 Å². The molecule has 27 heavy (non-hydrogen) atoms. The molecule has 1 N–H and O–H groups in total. The number of nitrogens with one attached hydrogen (secondary N) is 1. The zero-order valence-corrected chi connectivity index (χ0v) is 17.4. The number of nitrogens with zero attached hydrogens (tertiary/aromatic N) is 2. The summed E-state index contributed by atoms with van der Waals surface area (Å²) in [6.45, 7) is 2.92. The minimum Gasteiger partial charge on any atom is -0.341 e. The fourth-order valence-corrected chi connectivity index (χ4v) is 4.85. The summed E-state index contributed by atoms with van der Waals surface area (Å²) in [7, 11) is -3.78. The molecule has 8 heteroatoms. The third kappa shape index (κ3) is 3.20. The highest BCUT2D eigenvalue weighted by atomic mass is 79.9. The summed E-state index contributed by atoms with van der Waals surface area (Å²) in [5.74, 6) is 0. The van der Waals surface area contributed by atoms with Gasteiger partial charge in [-0.15, -0.1) is 0 Å². The van der Waals surface area contributed by atoms with E-state index in [4.69, 9.17) is 11.6 Å². The smallest absolute Gasteiger partial charge is 0.263 e. The van der Waals surface area contributed by atoms with E-state index in [2.05, 4.69) is 43.2 Å². The molecule has 0 amide bonds. The molecule has 4 aromatic rings. The van der Waals surface area contributed by atoms with E-state index in [9.17, 15) is 8.42 Å². The Morgan fingerprint density at radius 1 is 1.11 bits per heavy atom. The molecular formula is C19H15BrClN3O2S.